The zero-order valence-electron chi connectivity index (χ0n) is 19.6. The van der Waals surface area contributed by atoms with Gasteiger partial charge in [-0.2, -0.15) is 0 Å². The van der Waals surface area contributed by atoms with E-state index in [-0.39, 0.29) is 17.9 Å². The van der Waals surface area contributed by atoms with Crippen LogP contribution in [0.5, 0.6) is 5.75 Å². The summed E-state index contributed by atoms with van der Waals surface area (Å²) < 4.78 is 25.9. The van der Waals surface area contributed by atoms with Gasteiger partial charge in [-0.15, -0.1) is 0 Å². The fourth-order valence-corrected chi connectivity index (χ4v) is 5.43. The molecule has 1 aliphatic heterocycles. The Kier molecular flexibility index (Phi) is 6.15. The predicted molar refractivity (Wildman–Crippen MR) is 141 cm³/mol. The average Bonchev–Trinajstić information content (AvgIpc) is 3.66. The molecule has 1 saturated carbocycles. The van der Waals surface area contributed by atoms with E-state index in [0.717, 1.165) is 41.3 Å². The molecule has 182 valence electrons. The summed E-state index contributed by atoms with van der Waals surface area (Å²) in [7, 11) is 0. The van der Waals surface area contributed by atoms with E-state index in [2.05, 4.69) is 15.2 Å². The minimum Gasteiger partial charge on any atom is -0.490 e. The van der Waals surface area contributed by atoms with Gasteiger partial charge in [0.25, 0.3) is 0 Å². The molecule has 36 heavy (non-hydrogen) atoms. The molecule has 2 fully saturated rings. The molecular formula is C29H26FN3O2S. The van der Waals surface area contributed by atoms with Gasteiger partial charge in [0, 0.05) is 17.4 Å². The van der Waals surface area contributed by atoms with E-state index in [4.69, 9.17) is 21.4 Å². The van der Waals surface area contributed by atoms with E-state index in [1.54, 1.807) is 18.3 Å². The molecule has 0 radical (unpaired) electrons. The molecule has 6 rings (SSSR count). The minimum atomic E-state index is -0.280. The number of nitrogens with zero attached hydrogens (tertiary/aromatic N) is 2. The van der Waals surface area contributed by atoms with E-state index < -0.39 is 0 Å². The topological polar surface area (TPSA) is 50.5 Å². The zero-order chi connectivity index (χ0) is 24.5. The lowest BCUT2D eigenvalue weighted by Crippen LogP contribution is -2.29. The third-order valence-corrected chi connectivity index (χ3v) is 7.18. The number of aromatic nitrogens is 1. The lowest BCUT2D eigenvalue weighted by Gasteiger charge is -2.26. The summed E-state index contributed by atoms with van der Waals surface area (Å²) >= 11 is 5.81. The predicted octanol–water partition coefficient (Wildman–Crippen LogP) is 6.98. The molecule has 0 unspecified atom stereocenters. The first-order chi connectivity index (χ1) is 17.7. The SMILES string of the molecule is Fc1ccc(-c2ccc([C@H]3[C@@H](c4ccccn4)NC(=S)N3c3ccc(OC4CCCC4)cc3)o2)cc1. The molecule has 4 aromatic rings. The van der Waals surface area contributed by atoms with Crippen LogP contribution in [0.4, 0.5) is 10.1 Å². The van der Waals surface area contributed by atoms with Gasteiger partial charge in [0.1, 0.15) is 29.1 Å². The molecule has 1 N–H and O–H groups in total. The van der Waals surface area contributed by atoms with Crippen LogP contribution in [0.2, 0.25) is 0 Å². The number of benzene rings is 2. The first-order valence-electron chi connectivity index (χ1n) is 12.3. The molecule has 5 nitrogen and oxygen atoms in total. The molecule has 2 atom stereocenters. The zero-order valence-corrected chi connectivity index (χ0v) is 20.5. The van der Waals surface area contributed by atoms with Crippen molar-refractivity contribution in [2.24, 2.45) is 0 Å². The second kappa shape index (κ2) is 9.74. The highest BCUT2D eigenvalue weighted by molar-refractivity contribution is 7.80. The van der Waals surface area contributed by atoms with Crippen molar-refractivity contribution in [1.29, 1.82) is 0 Å². The maximum absolute atomic E-state index is 13.4. The fraction of sp³-hybridized carbons (Fsp3) is 0.241. The summed E-state index contributed by atoms with van der Waals surface area (Å²) in [5.74, 6) is 2.00. The van der Waals surface area contributed by atoms with E-state index in [9.17, 15) is 4.39 Å². The Morgan fingerprint density at radius 3 is 2.44 bits per heavy atom. The molecule has 0 amide bonds. The molecule has 1 saturated heterocycles. The van der Waals surface area contributed by atoms with Crippen molar-refractivity contribution in [3.8, 4) is 17.1 Å². The number of hydrogen-bond donors (Lipinski definition) is 1. The Hall–Kier alpha value is -3.71. The third kappa shape index (κ3) is 4.46. The van der Waals surface area contributed by atoms with Crippen LogP contribution in [0.1, 0.15) is 49.2 Å². The van der Waals surface area contributed by atoms with Crippen molar-refractivity contribution in [1.82, 2.24) is 10.3 Å². The van der Waals surface area contributed by atoms with E-state index >= 15 is 0 Å². The van der Waals surface area contributed by atoms with Crippen molar-refractivity contribution < 1.29 is 13.5 Å². The van der Waals surface area contributed by atoms with Crippen LogP contribution in [-0.2, 0) is 0 Å². The second-order valence-electron chi connectivity index (χ2n) is 9.22. The largest absolute Gasteiger partial charge is 0.490 e. The van der Waals surface area contributed by atoms with Gasteiger partial charge in [-0.25, -0.2) is 4.39 Å². The number of furan rings is 1. The summed E-state index contributed by atoms with van der Waals surface area (Å²) in [4.78, 5) is 6.66. The quantitative estimate of drug-likeness (QED) is 0.289. The first kappa shape index (κ1) is 22.7. The Morgan fingerprint density at radius 2 is 1.72 bits per heavy atom. The summed E-state index contributed by atoms with van der Waals surface area (Å²) in [6, 6.07) is 23.6. The number of pyridine rings is 1. The van der Waals surface area contributed by atoms with Crippen LogP contribution >= 0.6 is 12.2 Å². The van der Waals surface area contributed by atoms with Gasteiger partial charge >= 0.3 is 0 Å². The molecule has 2 aromatic heterocycles. The maximum Gasteiger partial charge on any atom is 0.174 e. The van der Waals surface area contributed by atoms with E-state index in [1.165, 1.54) is 25.0 Å². The number of thiocarbonyl (C=S) groups is 1. The van der Waals surface area contributed by atoms with Crippen LogP contribution in [0.25, 0.3) is 11.3 Å². The number of hydrogen-bond acceptors (Lipinski definition) is 4. The summed E-state index contributed by atoms with van der Waals surface area (Å²) in [5, 5.41) is 4.05. The molecule has 2 aliphatic rings. The first-order valence-corrected chi connectivity index (χ1v) is 12.7. The number of ether oxygens (including phenoxy) is 1. The van der Waals surface area contributed by atoms with Crippen molar-refractivity contribution >= 4 is 23.0 Å². The van der Waals surface area contributed by atoms with Crippen LogP contribution in [-0.4, -0.2) is 16.2 Å². The standard InChI is InChI=1S/C29H26FN3O2S/c30-20-10-8-19(9-11-20)25-16-17-26(35-25)28-27(24-7-3-4-18-31-24)32-29(36)33(28)21-12-14-23(15-13-21)34-22-5-1-2-6-22/h3-4,7-18,22,27-28H,1-2,5-6H2,(H,32,36)/t27-,28+/m1/s1. The highest BCUT2D eigenvalue weighted by Gasteiger charge is 2.42. The van der Waals surface area contributed by atoms with E-state index in [0.29, 0.717) is 17.0 Å². The number of halogens is 1. The third-order valence-electron chi connectivity index (χ3n) is 6.86. The highest BCUT2D eigenvalue weighted by atomic mass is 32.1. The van der Waals surface area contributed by atoms with Gasteiger partial charge < -0.3 is 19.4 Å². The smallest absolute Gasteiger partial charge is 0.174 e. The maximum atomic E-state index is 13.4. The normalized spacial score (nSPS) is 20.0. The van der Waals surface area contributed by atoms with Gasteiger partial charge in [-0.1, -0.05) is 6.07 Å². The van der Waals surface area contributed by atoms with Gasteiger partial charge in [0.15, 0.2) is 5.11 Å². The lowest BCUT2D eigenvalue weighted by molar-refractivity contribution is 0.210. The highest BCUT2D eigenvalue weighted by Crippen LogP contribution is 2.43. The summed E-state index contributed by atoms with van der Waals surface area (Å²) in [6.07, 6.45) is 6.78. The fourth-order valence-electron chi connectivity index (χ4n) is 5.09. The van der Waals surface area contributed by atoms with Gasteiger partial charge in [0.05, 0.1) is 17.8 Å². The number of anilines is 1. The summed E-state index contributed by atoms with van der Waals surface area (Å²) in [5.41, 5.74) is 2.62. The van der Waals surface area contributed by atoms with Gasteiger partial charge in [-0.3, -0.25) is 4.98 Å². The Morgan fingerprint density at radius 1 is 0.944 bits per heavy atom. The number of nitrogens with one attached hydrogen (secondary N) is 1. The van der Waals surface area contributed by atoms with Crippen LogP contribution in [0.3, 0.4) is 0 Å². The van der Waals surface area contributed by atoms with Crippen molar-refractivity contribution in [3.63, 3.8) is 0 Å². The molecule has 0 spiro atoms. The van der Waals surface area contributed by atoms with Crippen LogP contribution in [0.15, 0.2) is 89.5 Å². The average molecular weight is 500 g/mol. The van der Waals surface area contributed by atoms with Crippen LogP contribution < -0.4 is 15.0 Å². The second-order valence-corrected chi connectivity index (χ2v) is 9.61. The molecule has 7 heteroatoms. The van der Waals surface area contributed by atoms with Crippen molar-refractivity contribution in [2.45, 2.75) is 43.9 Å². The lowest BCUT2D eigenvalue weighted by atomic mass is 10.0. The molecule has 1 aliphatic carbocycles. The Balaban J connectivity index is 1.34. The minimum absolute atomic E-state index is 0.208. The molecule has 0 bridgehead atoms. The van der Waals surface area contributed by atoms with E-state index in [1.807, 2.05) is 54.6 Å². The summed E-state index contributed by atoms with van der Waals surface area (Å²) in [6.45, 7) is 0. The van der Waals surface area contributed by atoms with Crippen LogP contribution in [0, 0.1) is 5.82 Å². The van der Waals surface area contributed by atoms with Crippen molar-refractivity contribution in [2.75, 3.05) is 4.90 Å². The molecule has 2 aromatic carbocycles. The molecular weight excluding hydrogens is 473 g/mol. The Bertz CT molecular complexity index is 1340. The van der Waals surface area contributed by atoms with Gasteiger partial charge in [-0.05, 0) is 111 Å². The van der Waals surface area contributed by atoms with Crippen molar-refractivity contribution in [3.05, 3.63) is 102 Å². The molecule has 3 heterocycles. The van der Waals surface area contributed by atoms with Gasteiger partial charge in [0.2, 0.25) is 0 Å². The Labute approximate surface area is 214 Å². The monoisotopic (exact) mass is 499 g/mol. The number of rotatable bonds is 6.